The second kappa shape index (κ2) is 10.2. The molecule has 0 saturated heterocycles. The second-order valence-corrected chi connectivity index (χ2v) is 5.41. The maximum atomic E-state index is 12.0. The van der Waals surface area contributed by atoms with Crippen molar-refractivity contribution in [2.24, 2.45) is 11.7 Å². The molecule has 6 nitrogen and oxygen atoms in total. The predicted octanol–water partition coefficient (Wildman–Crippen LogP) is 2.10. The molecule has 128 valence electrons. The Labute approximate surface area is 148 Å². The fourth-order valence-electron chi connectivity index (χ4n) is 2.11. The lowest BCUT2D eigenvalue weighted by atomic mass is 10.0. The Balaban J connectivity index is 0.00000242. The van der Waals surface area contributed by atoms with Crippen molar-refractivity contribution in [3.8, 4) is 5.82 Å². The van der Waals surface area contributed by atoms with Gasteiger partial charge in [-0.3, -0.25) is 9.36 Å². The number of nitrogens with two attached hydrogens (primary N) is 1. The van der Waals surface area contributed by atoms with Crippen molar-refractivity contribution in [3.05, 3.63) is 42.6 Å². The highest BCUT2D eigenvalue weighted by molar-refractivity contribution is 5.85. The van der Waals surface area contributed by atoms with E-state index in [0.29, 0.717) is 18.9 Å². The van der Waals surface area contributed by atoms with Gasteiger partial charge in [0.05, 0.1) is 6.04 Å². The molecule has 1 atom stereocenters. The van der Waals surface area contributed by atoms with Crippen LogP contribution in [0.1, 0.15) is 25.8 Å². The normalized spacial score (nSPS) is 11.3. The summed E-state index contributed by atoms with van der Waals surface area (Å²) in [4.78, 5) is 20.3. The minimum absolute atomic E-state index is 0. The van der Waals surface area contributed by atoms with Crippen molar-refractivity contribution in [2.45, 2.75) is 32.9 Å². The maximum Gasteiger partial charge on any atom is 0.237 e. The molecule has 0 aliphatic rings. The molecule has 0 aliphatic heterocycles. The Kier molecular flexibility index (Phi) is 9.48. The van der Waals surface area contributed by atoms with Crippen molar-refractivity contribution >= 4 is 30.7 Å². The molecule has 2 rings (SSSR count). The smallest absolute Gasteiger partial charge is 0.237 e. The van der Waals surface area contributed by atoms with E-state index in [9.17, 15) is 4.79 Å². The van der Waals surface area contributed by atoms with Crippen LogP contribution in [0.25, 0.3) is 5.82 Å². The predicted molar refractivity (Wildman–Crippen MR) is 95.1 cm³/mol. The van der Waals surface area contributed by atoms with Crippen molar-refractivity contribution in [3.63, 3.8) is 0 Å². The van der Waals surface area contributed by atoms with Gasteiger partial charge in [-0.2, -0.15) is 0 Å². The Hall–Kier alpha value is -1.63. The molecular weight excluding hydrogens is 337 g/mol. The Bertz CT molecular complexity index is 589. The largest absolute Gasteiger partial charge is 0.351 e. The van der Waals surface area contributed by atoms with Gasteiger partial charge in [-0.15, -0.1) is 24.8 Å². The number of hydrogen-bond acceptors (Lipinski definition) is 4. The Morgan fingerprint density at radius 2 is 2.09 bits per heavy atom. The van der Waals surface area contributed by atoms with Crippen LogP contribution in [0, 0.1) is 5.92 Å². The van der Waals surface area contributed by atoms with Gasteiger partial charge in [-0.05, 0) is 18.4 Å². The molecule has 2 aromatic rings. The van der Waals surface area contributed by atoms with E-state index >= 15 is 0 Å². The number of halogens is 2. The van der Waals surface area contributed by atoms with Crippen molar-refractivity contribution < 1.29 is 4.79 Å². The lowest BCUT2D eigenvalue weighted by Crippen LogP contribution is -2.41. The first-order chi connectivity index (χ1) is 10.1. The molecule has 2 heterocycles. The van der Waals surface area contributed by atoms with Gasteiger partial charge in [0.2, 0.25) is 5.91 Å². The lowest BCUT2D eigenvalue weighted by molar-refractivity contribution is -0.122. The van der Waals surface area contributed by atoms with E-state index in [4.69, 9.17) is 5.73 Å². The fourth-order valence-corrected chi connectivity index (χ4v) is 2.11. The van der Waals surface area contributed by atoms with Crippen molar-refractivity contribution in [1.82, 2.24) is 19.9 Å². The third-order valence-electron chi connectivity index (χ3n) is 3.13. The zero-order chi connectivity index (χ0) is 15.2. The van der Waals surface area contributed by atoms with Gasteiger partial charge < -0.3 is 11.1 Å². The van der Waals surface area contributed by atoms with Gasteiger partial charge in [0.25, 0.3) is 0 Å². The molecule has 0 unspecified atom stereocenters. The summed E-state index contributed by atoms with van der Waals surface area (Å²) in [5.41, 5.74) is 6.79. The quantitative estimate of drug-likeness (QED) is 0.826. The van der Waals surface area contributed by atoms with Gasteiger partial charge in [0.15, 0.2) is 0 Å². The zero-order valence-corrected chi connectivity index (χ0v) is 14.8. The summed E-state index contributed by atoms with van der Waals surface area (Å²) in [5, 5.41) is 2.87. The molecule has 0 fully saturated rings. The van der Waals surface area contributed by atoms with Crippen molar-refractivity contribution in [2.75, 3.05) is 0 Å². The number of nitrogens with zero attached hydrogens (tertiary/aromatic N) is 3. The van der Waals surface area contributed by atoms with E-state index in [0.717, 1.165) is 11.4 Å². The van der Waals surface area contributed by atoms with Crippen LogP contribution in [-0.4, -0.2) is 26.5 Å². The highest BCUT2D eigenvalue weighted by Crippen LogP contribution is 2.11. The Morgan fingerprint density at radius 1 is 1.35 bits per heavy atom. The molecule has 0 bridgehead atoms. The molecule has 0 aliphatic carbocycles. The van der Waals surface area contributed by atoms with Crippen LogP contribution < -0.4 is 11.1 Å². The SMILES string of the molecule is CC(C)C[C@H](N)C(=O)NCc1cccnc1-n1ccnc1.Cl.Cl. The first kappa shape index (κ1) is 21.4. The van der Waals surface area contributed by atoms with Gasteiger partial charge in [0.1, 0.15) is 12.1 Å². The van der Waals surface area contributed by atoms with E-state index < -0.39 is 6.04 Å². The van der Waals surface area contributed by atoms with Gasteiger partial charge >= 0.3 is 0 Å². The maximum absolute atomic E-state index is 12.0. The first-order valence-corrected chi connectivity index (χ1v) is 7.03. The topological polar surface area (TPSA) is 85.8 Å². The molecule has 0 spiro atoms. The van der Waals surface area contributed by atoms with Gasteiger partial charge in [0, 0.05) is 30.7 Å². The molecule has 1 amide bonds. The molecule has 0 saturated carbocycles. The highest BCUT2D eigenvalue weighted by Gasteiger charge is 2.15. The van der Waals surface area contributed by atoms with Gasteiger partial charge in [-0.1, -0.05) is 19.9 Å². The van der Waals surface area contributed by atoms with Crippen LogP contribution in [0.4, 0.5) is 0 Å². The minimum atomic E-state index is -0.474. The number of nitrogens with one attached hydrogen (secondary N) is 1. The zero-order valence-electron chi connectivity index (χ0n) is 13.2. The number of amides is 1. The first-order valence-electron chi connectivity index (χ1n) is 7.03. The number of carbonyl (C=O) groups excluding carboxylic acids is 1. The average Bonchev–Trinajstić information content (AvgIpc) is 2.98. The molecule has 0 radical (unpaired) electrons. The van der Waals surface area contributed by atoms with E-state index in [1.165, 1.54) is 0 Å². The van der Waals surface area contributed by atoms with E-state index in [-0.39, 0.29) is 30.7 Å². The van der Waals surface area contributed by atoms with Crippen LogP contribution >= 0.6 is 24.8 Å². The van der Waals surface area contributed by atoms with Crippen LogP contribution in [0.15, 0.2) is 37.1 Å². The minimum Gasteiger partial charge on any atom is -0.351 e. The molecule has 3 N–H and O–H groups in total. The summed E-state index contributed by atoms with van der Waals surface area (Å²) in [7, 11) is 0. The number of rotatable bonds is 6. The number of imidazole rings is 1. The molecule has 0 aromatic carbocycles. The third kappa shape index (κ3) is 6.17. The van der Waals surface area contributed by atoms with Crippen LogP contribution in [0.3, 0.4) is 0 Å². The summed E-state index contributed by atoms with van der Waals surface area (Å²) in [6, 6.07) is 3.30. The molecule has 2 aromatic heterocycles. The van der Waals surface area contributed by atoms with E-state index in [1.54, 1.807) is 18.7 Å². The monoisotopic (exact) mass is 359 g/mol. The third-order valence-corrected chi connectivity index (χ3v) is 3.13. The van der Waals surface area contributed by atoms with Crippen LogP contribution in [0.2, 0.25) is 0 Å². The fraction of sp³-hybridized carbons (Fsp3) is 0.400. The average molecular weight is 360 g/mol. The number of carbonyl (C=O) groups is 1. The van der Waals surface area contributed by atoms with Crippen molar-refractivity contribution in [1.29, 1.82) is 0 Å². The number of pyridine rings is 1. The van der Waals surface area contributed by atoms with Crippen LogP contribution in [0.5, 0.6) is 0 Å². The van der Waals surface area contributed by atoms with Crippen LogP contribution in [-0.2, 0) is 11.3 Å². The van der Waals surface area contributed by atoms with E-state index in [1.807, 2.05) is 36.7 Å². The van der Waals surface area contributed by atoms with Gasteiger partial charge in [-0.25, -0.2) is 9.97 Å². The second-order valence-electron chi connectivity index (χ2n) is 5.41. The lowest BCUT2D eigenvalue weighted by Gasteiger charge is -2.15. The highest BCUT2D eigenvalue weighted by atomic mass is 35.5. The molecular formula is C15H23Cl2N5O. The number of aromatic nitrogens is 3. The number of hydrogen-bond donors (Lipinski definition) is 2. The molecule has 8 heteroatoms. The molecule has 23 heavy (non-hydrogen) atoms. The standard InChI is InChI=1S/C15H21N5O.2ClH/c1-11(2)8-13(16)15(21)19-9-12-4-3-5-18-14(12)20-7-6-17-10-20;;/h3-7,10-11,13H,8-9,16H2,1-2H3,(H,19,21);2*1H/t13-;;/m0../s1. The summed E-state index contributed by atoms with van der Waals surface area (Å²) in [6.45, 7) is 4.49. The van der Waals surface area contributed by atoms with E-state index in [2.05, 4.69) is 15.3 Å². The summed E-state index contributed by atoms with van der Waals surface area (Å²) in [5.74, 6) is 1.02. The summed E-state index contributed by atoms with van der Waals surface area (Å²) in [6.07, 6.45) is 7.57. The summed E-state index contributed by atoms with van der Waals surface area (Å²) < 4.78 is 1.82. The summed E-state index contributed by atoms with van der Waals surface area (Å²) >= 11 is 0. The Morgan fingerprint density at radius 3 is 2.70 bits per heavy atom.